The van der Waals surface area contributed by atoms with Gasteiger partial charge in [0.15, 0.2) is 0 Å². The number of fused-ring (bicyclic) bond motifs is 1. The predicted octanol–water partition coefficient (Wildman–Crippen LogP) is 2.54. The largest absolute Gasteiger partial charge is 0.292 e. The molecular formula is C21H25FN4O3S. The maximum absolute atomic E-state index is 13.3. The highest BCUT2D eigenvalue weighted by atomic mass is 32.2. The summed E-state index contributed by atoms with van der Waals surface area (Å²) in [4.78, 5) is 23.7. The molecule has 2 aliphatic rings. The van der Waals surface area contributed by atoms with E-state index in [9.17, 15) is 17.6 Å². The number of amides is 1. The van der Waals surface area contributed by atoms with Crippen LogP contribution in [0.2, 0.25) is 0 Å². The Balaban J connectivity index is 1.65. The lowest BCUT2D eigenvalue weighted by molar-refractivity contribution is -0.119. The molecule has 1 aromatic heterocycles. The van der Waals surface area contributed by atoms with Crippen LogP contribution in [-0.4, -0.2) is 47.4 Å². The summed E-state index contributed by atoms with van der Waals surface area (Å²) in [5, 5.41) is 0. The molecule has 1 amide bonds. The molecule has 0 spiro atoms. The van der Waals surface area contributed by atoms with Gasteiger partial charge in [-0.1, -0.05) is 12.1 Å². The van der Waals surface area contributed by atoms with Crippen molar-refractivity contribution < 1.29 is 17.6 Å². The Morgan fingerprint density at radius 3 is 2.60 bits per heavy atom. The molecule has 0 saturated carbocycles. The van der Waals surface area contributed by atoms with Crippen LogP contribution in [-0.2, 0) is 27.8 Å². The van der Waals surface area contributed by atoms with E-state index in [1.54, 1.807) is 24.0 Å². The average molecular weight is 433 g/mol. The SMILES string of the molecule is CCS(=O)(=O)N1CC[C@@H](c2nc(C)c3c(n2)N(Cc2ccc(F)cc2)C(=O)CC3)C1. The molecule has 1 aromatic carbocycles. The summed E-state index contributed by atoms with van der Waals surface area (Å²) >= 11 is 0. The van der Waals surface area contributed by atoms with Crippen LogP contribution in [0.5, 0.6) is 0 Å². The van der Waals surface area contributed by atoms with Gasteiger partial charge in [-0.05, 0) is 44.4 Å². The van der Waals surface area contributed by atoms with E-state index in [4.69, 9.17) is 4.98 Å². The molecule has 0 N–H and O–H groups in total. The number of halogens is 1. The zero-order valence-corrected chi connectivity index (χ0v) is 18.0. The molecule has 0 bridgehead atoms. The van der Waals surface area contributed by atoms with Crippen LogP contribution in [0.1, 0.15) is 48.3 Å². The molecule has 2 aliphatic heterocycles. The van der Waals surface area contributed by atoms with Crippen molar-refractivity contribution in [2.45, 2.75) is 45.6 Å². The van der Waals surface area contributed by atoms with Gasteiger partial charge in [0, 0.05) is 36.7 Å². The van der Waals surface area contributed by atoms with Gasteiger partial charge in [0.1, 0.15) is 17.5 Å². The molecule has 2 aromatic rings. The second kappa shape index (κ2) is 8.03. The lowest BCUT2D eigenvalue weighted by Gasteiger charge is -2.30. The van der Waals surface area contributed by atoms with Gasteiger partial charge < -0.3 is 0 Å². The van der Waals surface area contributed by atoms with Crippen LogP contribution >= 0.6 is 0 Å². The molecule has 30 heavy (non-hydrogen) atoms. The standard InChI is InChI=1S/C21H25FN4O3S/c1-3-30(28,29)25-11-10-16(13-25)20-23-14(2)18-8-9-19(27)26(21(18)24-20)12-15-4-6-17(22)7-5-15/h4-7,16H,3,8-13H2,1-2H3/t16-/m1/s1. The zero-order chi connectivity index (χ0) is 21.5. The van der Waals surface area contributed by atoms with Gasteiger partial charge in [0.2, 0.25) is 15.9 Å². The first-order valence-corrected chi connectivity index (χ1v) is 11.8. The number of anilines is 1. The number of rotatable bonds is 5. The van der Waals surface area contributed by atoms with E-state index in [1.807, 2.05) is 6.92 Å². The predicted molar refractivity (Wildman–Crippen MR) is 111 cm³/mol. The van der Waals surface area contributed by atoms with Gasteiger partial charge in [0.25, 0.3) is 0 Å². The first-order chi connectivity index (χ1) is 14.3. The number of carbonyl (C=O) groups is 1. The summed E-state index contributed by atoms with van der Waals surface area (Å²) in [6.07, 6.45) is 1.62. The van der Waals surface area contributed by atoms with Crippen molar-refractivity contribution in [3.63, 3.8) is 0 Å². The Morgan fingerprint density at radius 2 is 1.90 bits per heavy atom. The Hall–Kier alpha value is -2.39. The monoisotopic (exact) mass is 432 g/mol. The van der Waals surface area contributed by atoms with Crippen molar-refractivity contribution in [2.75, 3.05) is 23.7 Å². The number of benzene rings is 1. The van der Waals surface area contributed by atoms with Crippen molar-refractivity contribution in [1.82, 2.24) is 14.3 Å². The van der Waals surface area contributed by atoms with Crippen molar-refractivity contribution in [3.8, 4) is 0 Å². The third-order valence-electron chi connectivity index (χ3n) is 5.88. The molecule has 0 unspecified atom stereocenters. The van der Waals surface area contributed by atoms with Crippen LogP contribution in [0.15, 0.2) is 24.3 Å². The smallest absolute Gasteiger partial charge is 0.228 e. The van der Waals surface area contributed by atoms with Gasteiger partial charge in [-0.3, -0.25) is 9.69 Å². The maximum atomic E-state index is 13.3. The van der Waals surface area contributed by atoms with Gasteiger partial charge in [-0.25, -0.2) is 27.1 Å². The molecule has 3 heterocycles. The number of sulfonamides is 1. The van der Waals surface area contributed by atoms with Gasteiger partial charge in [0.05, 0.1) is 12.3 Å². The highest BCUT2D eigenvalue weighted by Crippen LogP contribution is 2.33. The maximum Gasteiger partial charge on any atom is 0.228 e. The summed E-state index contributed by atoms with van der Waals surface area (Å²) in [6.45, 7) is 4.68. The first kappa shape index (κ1) is 20.9. The first-order valence-electron chi connectivity index (χ1n) is 10.2. The number of hydrogen-bond donors (Lipinski definition) is 0. The summed E-state index contributed by atoms with van der Waals surface area (Å²) in [5.74, 6) is 0.799. The minimum Gasteiger partial charge on any atom is -0.292 e. The molecule has 0 radical (unpaired) electrons. The summed E-state index contributed by atoms with van der Waals surface area (Å²) in [5.41, 5.74) is 2.58. The van der Waals surface area contributed by atoms with E-state index in [2.05, 4.69) is 4.98 Å². The van der Waals surface area contributed by atoms with E-state index in [0.29, 0.717) is 50.5 Å². The number of aryl methyl sites for hydroxylation is 1. The van der Waals surface area contributed by atoms with Crippen LogP contribution in [0, 0.1) is 12.7 Å². The van der Waals surface area contributed by atoms with E-state index < -0.39 is 10.0 Å². The highest BCUT2D eigenvalue weighted by molar-refractivity contribution is 7.89. The second-order valence-electron chi connectivity index (χ2n) is 7.82. The zero-order valence-electron chi connectivity index (χ0n) is 17.1. The van der Waals surface area contributed by atoms with Crippen LogP contribution < -0.4 is 4.90 Å². The molecule has 1 saturated heterocycles. The number of nitrogens with zero attached hydrogens (tertiary/aromatic N) is 4. The quantitative estimate of drug-likeness (QED) is 0.725. The van der Waals surface area contributed by atoms with E-state index in [-0.39, 0.29) is 23.4 Å². The van der Waals surface area contributed by atoms with Gasteiger partial charge in [-0.2, -0.15) is 0 Å². The van der Waals surface area contributed by atoms with Crippen molar-refractivity contribution in [2.24, 2.45) is 0 Å². The van der Waals surface area contributed by atoms with Crippen molar-refractivity contribution in [1.29, 1.82) is 0 Å². The fourth-order valence-corrected chi connectivity index (χ4v) is 5.25. The third kappa shape index (κ3) is 3.96. The molecule has 1 atom stereocenters. The molecule has 1 fully saturated rings. The van der Waals surface area contributed by atoms with Gasteiger partial charge >= 0.3 is 0 Å². The number of carbonyl (C=O) groups excluding carboxylic acids is 1. The van der Waals surface area contributed by atoms with Crippen LogP contribution in [0.4, 0.5) is 10.2 Å². The fraction of sp³-hybridized carbons (Fsp3) is 0.476. The third-order valence-corrected chi connectivity index (χ3v) is 7.73. The minimum atomic E-state index is -3.25. The normalized spacial score (nSPS) is 19.9. The Bertz CT molecular complexity index is 1070. The van der Waals surface area contributed by atoms with Crippen molar-refractivity contribution >= 4 is 21.7 Å². The van der Waals surface area contributed by atoms with E-state index in [0.717, 1.165) is 16.8 Å². The molecule has 4 rings (SSSR count). The van der Waals surface area contributed by atoms with E-state index >= 15 is 0 Å². The molecular weight excluding hydrogens is 407 g/mol. The summed E-state index contributed by atoms with van der Waals surface area (Å²) in [7, 11) is -3.25. The fourth-order valence-electron chi connectivity index (χ4n) is 4.10. The average Bonchev–Trinajstić information content (AvgIpc) is 3.23. The molecule has 160 valence electrons. The number of hydrogen-bond acceptors (Lipinski definition) is 5. The Labute approximate surface area is 176 Å². The molecule has 9 heteroatoms. The van der Waals surface area contributed by atoms with Gasteiger partial charge in [-0.15, -0.1) is 0 Å². The lowest BCUT2D eigenvalue weighted by Crippen LogP contribution is -2.36. The van der Waals surface area contributed by atoms with E-state index in [1.165, 1.54) is 16.4 Å². The van der Waals surface area contributed by atoms with Crippen LogP contribution in [0.25, 0.3) is 0 Å². The topological polar surface area (TPSA) is 83.5 Å². The number of aromatic nitrogens is 2. The minimum absolute atomic E-state index is 0.0301. The summed E-state index contributed by atoms with van der Waals surface area (Å²) < 4.78 is 39.2. The molecule has 7 nitrogen and oxygen atoms in total. The Kier molecular flexibility index (Phi) is 5.59. The summed E-state index contributed by atoms with van der Waals surface area (Å²) in [6, 6.07) is 6.08. The lowest BCUT2D eigenvalue weighted by atomic mass is 10.0. The Morgan fingerprint density at radius 1 is 1.17 bits per heavy atom. The highest BCUT2D eigenvalue weighted by Gasteiger charge is 2.35. The van der Waals surface area contributed by atoms with Crippen LogP contribution in [0.3, 0.4) is 0 Å². The molecule has 0 aliphatic carbocycles. The van der Waals surface area contributed by atoms with Crippen molar-refractivity contribution in [3.05, 3.63) is 52.7 Å². The second-order valence-corrected chi connectivity index (χ2v) is 10.1.